The van der Waals surface area contributed by atoms with Gasteiger partial charge in [-0.1, -0.05) is 24.3 Å². The van der Waals surface area contributed by atoms with Gasteiger partial charge in [-0.25, -0.2) is 4.39 Å². The number of alkyl halides is 1. The fraction of sp³-hybridized carbons (Fsp3) is 0.500. The average molecular weight is 195 g/mol. The Morgan fingerprint density at radius 3 is 2.00 bits per heavy atom. The monoisotopic (exact) mass is 195 g/mol. The van der Waals surface area contributed by atoms with Crippen molar-refractivity contribution in [3.63, 3.8) is 0 Å². The van der Waals surface area contributed by atoms with Crippen LogP contribution in [0, 0.1) is 0 Å². The zero-order valence-electron chi connectivity index (χ0n) is 9.34. The standard InChI is InChI=1S/C12H18FN/c1-12(2,13)11-7-5-10(6-8-11)9-14(3)4/h5-8H,9H2,1-4H3. The van der Waals surface area contributed by atoms with Crippen LogP contribution in [0.1, 0.15) is 25.0 Å². The van der Waals surface area contributed by atoms with Crippen LogP contribution < -0.4 is 0 Å². The van der Waals surface area contributed by atoms with Gasteiger partial charge in [0.25, 0.3) is 0 Å². The van der Waals surface area contributed by atoms with Crippen LogP contribution in [0.15, 0.2) is 24.3 Å². The molecule has 0 saturated heterocycles. The lowest BCUT2D eigenvalue weighted by atomic mass is 9.99. The van der Waals surface area contributed by atoms with E-state index < -0.39 is 5.67 Å². The Morgan fingerprint density at radius 1 is 1.14 bits per heavy atom. The number of benzene rings is 1. The van der Waals surface area contributed by atoms with Crippen LogP contribution in [0.2, 0.25) is 0 Å². The smallest absolute Gasteiger partial charge is 0.130 e. The summed E-state index contributed by atoms with van der Waals surface area (Å²) >= 11 is 0. The molecule has 2 heteroatoms. The highest BCUT2D eigenvalue weighted by Crippen LogP contribution is 2.24. The molecule has 0 heterocycles. The van der Waals surface area contributed by atoms with E-state index in [1.165, 1.54) is 5.56 Å². The fourth-order valence-corrected chi connectivity index (χ4v) is 1.37. The van der Waals surface area contributed by atoms with Crippen molar-refractivity contribution in [3.05, 3.63) is 35.4 Å². The molecule has 1 aromatic rings. The first-order valence-electron chi connectivity index (χ1n) is 4.82. The summed E-state index contributed by atoms with van der Waals surface area (Å²) in [5.41, 5.74) is 0.708. The van der Waals surface area contributed by atoms with E-state index in [9.17, 15) is 4.39 Å². The molecule has 0 unspecified atom stereocenters. The second-order valence-electron chi connectivity index (χ2n) is 4.41. The molecule has 0 aromatic heterocycles. The summed E-state index contributed by atoms with van der Waals surface area (Å²) in [6.07, 6.45) is 0. The summed E-state index contributed by atoms with van der Waals surface area (Å²) in [5, 5.41) is 0. The minimum absolute atomic E-state index is 0.736. The predicted molar refractivity (Wildman–Crippen MR) is 58.0 cm³/mol. The quantitative estimate of drug-likeness (QED) is 0.716. The predicted octanol–water partition coefficient (Wildman–Crippen LogP) is 2.95. The van der Waals surface area contributed by atoms with Gasteiger partial charge in [-0.2, -0.15) is 0 Å². The van der Waals surface area contributed by atoms with Gasteiger partial charge >= 0.3 is 0 Å². The SMILES string of the molecule is CN(C)Cc1ccc(C(C)(C)F)cc1. The van der Waals surface area contributed by atoms with Crippen LogP contribution in [0.3, 0.4) is 0 Å². The van der Waals surface area contributed by atoms with Crippen molar-refractivity contribution in [2.75, 3.05) is 14.1 Å². The van der Waals surface area contributed by atoms with Gasteiger partial charge in [0, 0.05) is 6.54 Å². The van der Waals surface area contributed by atoms with Crippen molar-refractivity contribution in [1.29, 1.82) is 0 Å². The summed E-state index contributed by atoms with van der Waals surface area (Å²) in [5.74, 6) is 0. The van der Waals surface area contributed by atoms with E-state index in [0.717, 1.165) is 12.1 Å². The maximum absolute atomic E-state index is 13.5. The molecule has 0 fully saturated rings. The highest BCUT2D eigenvalue weighted by atomic mass is 19.1. The number of nitrogens with zero attached hydrogens (tertiary/aromatic N) is 1. The minimum Gasteiger partial charge on any atom is -0.305 e. The third-order valence-electron chi connectivity index (χ3n) is 2.14. The first kappa shape index (κ1) is 11.2. The van der Waals surface area contributed by atoms with Crippen LogP contribution >= 0.6 is 0 Å². The van der Waals surface area contributed by atoms with Gasteiger partial charge in [0.2, 0.25) is 0 Å². The van der Waals surface area contributed by atoms with Crippen molar-refractivity contribution in [2.45, 2.75) is 26.1 Å². The topological polar surface area (TPSA) is 3.24 Å². The Morgan fingerprint density at radius 2 is 1.64 bits per heavy atom. The van der Waals surface area contributed by atoms with E-state index in [-0.39, 0.29) is 0 Å². The third kappa shape index (κ3) is 3.11. The molecule has 0 N–H and O–H groups in total. The number of halogens is 1. The van der Waals surface area contributed by atoms with Gasteiger partial charge < -0.3 is 4.90 Å². The highest BCUT2D eigenvalue weighted by molar-refractivity contribution is 5.26. The highest BCUT2D eigenvalue weighted by Gasteiger charge is 2.17. The van der Waals surface area contributed by atoms with Crippen LogP contribution in [-0.2, 0) is 12.2 Å². The van der Waals surface area contributed by atoms with E-state index in [4.69, 9.17) is 0 Å². The molecule has 0 atom stereocenters. The van der Waals surface area contributed by atoms with Crippen LogP contribution in [0.5, 0.6) is 0 Å². The first-order chi connectivity index (χ1) is 6.39. The van der Waals surface area contributed by atoms with Gasteiger partial charge in [0.15, 0.2) is 0 Å². The Hall–Kier alpha value is -0.890. The van der Waals surface area contributed by atoms with Crippen LogP contribution in [0.25, 0.3) is 0 Å². The molecule has 14 heavy (non-hydrogen) atoms. The zero-order chi connectivity index (χ0) is 10.8. The van der Waals surface area contributed by atoms with Gasteiger partial charge in [0.1, 0.15) is 5.67 Å². The Balaban J connectivity index is 2.79. The second-order valence-corrected chi connectivity index (χ2v) is 4.41. The van der Waals surface area contributed by atoms with Gasteiger partial charge in [0.05, 0.1) is 0 Å². The average Bonchev–Trinajstić information content (AvgIpc) is 2.02. The molecular weight excluding hydrogens is 177 g/mol. The molecule has 0 radical (unpaired) electrons. The van der Waals surface area contributed by atoms with E-state index in [0.29, 0.717) is 0 Å². The molecule has 0 aliphatic heterocycles. The normalized spacial score (nSPS) is 12.1. The maximum atomic E-state index is 13.5. The van der Waals surface area contributed by atoms with Gasteiger partial charge in [-0.3, -0.25) is 0 Å². The molecule has 1 nitrogen and oxygen atoms in total. The summed E-state index contributed by atoms with van der Waals surface area (Å²) in [4.78, 5) is 2.09. The van der Waals surface area contributed by atoms with Crippen molar-refractivity contribution in [1.82, 2.24) is 4.90 Å². The molecule has 0 spiro atoms. The summed E-state index contributed by atoms with van der Waals surface area (Å²) in [6.45, 7) is 4.05. The summed E-state index contributed by atoms with van der Waals surface area (Å²) in [7, 11) is 4.04. The van der Waals surface area contributed by atoms with E-state index in [2.05, 4.69) is 4.90 Å². The molecule has 0 amide bonds. The lowest BCUT2D eigenvalue weighted by Gasteiger charge is -2.15. The molecule has 1 aromatic carbocycles. The number of hydrogen-bond acceptors (Lipinski definition) is 1. The van der Waals surface area contributed by atoms with Crippen molar-refractivity contribution in [2.24, 2.45) is 0 Å². The molecule has 0 aliphatic carbocycles. The van der Waals surface area contributed by atoms with E-state index >= 15 is 0 Å². The van der Waals surface area contributed by atoms with Crippen LogP contribution in [-0.4, -0.2) is 19.0 Å². The molecule has 0 aliphatic rings. The van der Waals surface area contributed by atoms with E-state index in [1.54, 1.807) is 13.8 Å². The third-order valence-corrected chi connectivity index (χ3v) is 2.14. The van der Waals surface area contributed by atoms with Gasteiger partial charge in [-0.05, 0) is 39.1 Å². The lowest BCUT2D eigenvalue weighted by Crippen LogP contribution is -2.12. The number of hydrogen-bond donors (Lipinski definition) is 0. The van der Waals surface area contributed by atoms with Gasteiger partial charge in [-0.15, -0.1) is 0 Å². The summed E-state index contributed by atoms with van der Waals surface area (Å²) < 4.78 is 13.5. The summed E-state index contributed by atoms with van der Waals surface area (Å²) in [6, 6.07) is 7.69. The molecule has 1 rings (SSSR count). The molecular formula is C12H18FN. The lowest BCUT2D eigenvalue weighted by molar-refractivity contribution is 0.221. The van der Waals surface area contributed by atoms with Crippen molar-refractivity contribution >= 4 is 0 Å². The largest absolute Gasteiger partial charge is 0.305 e. The number of rotatable bonds is 3. The minimum atomic E-state index is -1.24. The Kier molecular flexibility index (Phi) is 3.27. The Bertz CT molecular complexity index is 282. The molecule has 0 bridgehead atoms. The van der Waals surface area contributed by atoms with Crippen LogP contribution in [0.4, 0.5) is 4.39 Å². The fourth-order valence-electron chi connectivity index (χ4n) is 1.37. The van der Waals surface area contributed by atoms with Crippen molar-refractivity contribution in [3.8, 4) is 0 Å². The Labute approximate surface area is 85.5 Å². The molecule has 0 saturated carbocycles. The van der Waals surface area contributed by atoms with E-state index in [1.807, 2.05) is 38.4 Å². The second kappa shape index (κ2) is 4.09. The first-order valence-corrected chi connectivity index (χ1v) is 4.82. The maximum Gasteiger partial charge on any atom is 0.130 e. The molecule has 78 valence electrons. The van der Waals surface area contributed by atoms with Crippen molar-refractivity contribution < 1.29 is 4.39 Å². The zero-order valence-corrected chi connectivity index (χ0v) is 9.34.